The van der Waals surface area contributed by atoms with Crippen LogP contribution in [0.4, 0.5) is 5.69 Å². The molecule has 0 bridgehead atoms. The van der Waals surface area contributed by atoms with Gasteiger partial charge in [-0.2, -0.15) is 0 Å². The summed E-state index contributed by atoms with van der Waals surface area (Å²) in [5.41, 5.74) is 10.3. The lowest BCUT2D eigenvalue weighted by molar-refractivity contribution is 0.205. The predicted molar refractivity (Wildman–Crippen MR) is 83.2 cm³/mol. The standard InChI is InChI=1S/C16H29N3/c1-6-7-8-9-19(12(2)3)11-15-14(5)16(17)13(4)10-18-15/h10,12H,6-9,11H2,1-5H3,(H2,17,18). The van der Waals surface area contributed by atoms with E-state index < -0.39 is 0 Å². The number of nitrogen functional groups attached to an aromatic ring is 1. The molecule has 0 saturated carbocycles. The molecule has 0 aromatic carbocycles. The zero-order valence-electron chi connectivity index (χ0n) is 13.2. The number of unbranched alkanes of at least 4 members (excludes halogenated alkanes) is 2. The molecule has 3 heteroatoms. The molecule has 3 nitrogen and oxygen atoms in total. The van der Waals surface area contributed by atoms with Crippen LogP contribution in [0, 0.1) is 13.8 Å². The number of hydrogen-bond donors (Lipinski definition) is 1. The van der Waals surface area contributed by atoms with Gasteiger partial charge in [0, 0.05) is 24.5 Å². The van der Waals surface area contributed by atoms with Crippen LogP contribution in [0.15, 0.2) is 6.20 Å². The normalized spacial score (nSPS) is 11.5. The number of nitrogens with two attached hydrogens (primary N) is 1. The smallest absolute Gasteiger partial charge is 0.0593 e. The molecule has 0 amide bonds. The van der Waals surface area contributed by atoms with Crippen molar-refractivity contribution >= 4 is 5.69 Å². The fourth-order valence-electron chi connectivity index (χ4n) is 2.23. The van der Waals surface area contributed by atoms with Crippen molar-refractivity contribution in [2.24, 2.45) is 0 Å². The summed E-state index contributed by atoms with van der Waals surface area (Å²) in [6.07, 6.45) is 5.71. The van der Waals surface area contributed by atoms with Gasteiger partial charge in [-0.3, -0.25) is 9.88 Å². The van der Waals surface area contributed by atoms with E-state index in [0.717, 1.165) is 35.6 Å². The molecule has 1 rings (SSSR count). The van der Waals surface area contributed by atoms with Crippen LogP contribution in [0.1, 0.15) is 56.9 Å². The predicted octanol–water partition coefficient (Wildman–Crippen LogP) is 3.68. The molecular weight excluding hydrogens is 234 g/mol. The lowest BCUT2D eigenvalue weighted by Gasteiger charge is -2.27. The van der Waals surface area contributed by atoms with E-state index in [1.165, 1.54) is 19.3 Å². The fourth-order valence-corrected chi connectivity index (χ4v) is 2.23. The molecule has 2 N–H and O–H groups in total. The summed E-state index contributed by atoms with van der Waals surface area (Å²) in [6, 6.07) is 0.542. The van der Waals surface area contributed by atoms with Crippen molar-refractivity contribution in [2.45, 2.75) is 66.5 Å². The SMILES string of the molecule is CCCCCN(Cc1ncc(C)c(N)c1C)C(C)C. The van der Waals surface area contributed by atoms with E-state index in [1.54, 1.807) is 0 Å². The van der Waals surface area contributed by atoms with Crippen LogP contribution in [0.2, 0.25) is 0 Å². The second-order valence-corrected chi connectivity index (χ2v) is 5.70. The van der Waals surface area contributed by atoms with Crippen LogP contribution in [0.3, 0.4) is 0 Å². The van der Waals surface area contributed by atoms with Crippen molar-refractivity contribution in [2.75, 3.05) is 12.3 Å². The molecule has 1 aromatic heterocycles. The molecule has 0 fully saturated rings. The summed E-state index contributed by atoms with van der Waals surface area (Å²) in [5.74, 6) is 0. The Bertz CT molecular complexity index is 399. The van der Waals surface area contributed by atoms with Gasteiger partial charge >= 0.3 is 0 Å². The Morgan fingerprint density at radius 1 is 1.26 bits per heavy atom. The van der Waals surface area contributed by atoms with Crippen LogP contribution < -0.4 is 5.73 Å². The molecule has 0 aliphatic rings. The largest absolute Gasteiger partial charge is 0.398 e. The van der Waals surface area contributed by atoms with E-state index in [9.17, 15) is 0 Å². The van der Waals surface area contributed by atoms with E-state index in [4.69, 9.17) is 5.73 Å². The highest BCUT2D eigenvalue weighted by Gasteiger charge is 2.13. The summed E-state index contributed by atoms with van der Waals surface area (Å²) < 4.78 is 0. The van der Waals surface area contributed by atoms with Gasteiger partial charge in [0.05, 0.1) is 5.69 Å². The van der Waals surface area contributed by atoms with Crippen LogP contribution >= 0.6 is 0 Å². The van der Waals surface area contributed by atoms with Crippen molar-refractivity contribution in [3.63, 3.8) is 0 Å². The van der Waals surface area contributed by atoms with Crippen LogP contribution in [0.25, 0.3) is 0 Å². The van der Waals surface area contributed by atoms with Crippen LogP contribution in [0.5, 0.6) is 0 Å². The van der Waals surface area contributed by atoms with E-state index in [-0.39, 0.29) is 0 Å². The second kappa shape index (κ2) is 7.49. The third-order valence-electron chi connectivity index (χ3n) is 3.81. The van der Waals surface area contributed by atoms with E-state index in [2.05, 4.69) is 37.6 Å². The minimum absolute atomic E-state index is 0.542. The highest BCUT2D eigenvalue weighted by molar-refractivity contribution is 5.53. The zero-order chi connectivity index (χ0) is 14.4. The van der Waals surface area contributed by atoms with Gasteiger partial charge < -0.3 is 5.73 Å². The Hall–Kier alpha value is -1.09. The van der Waals surface area contributed by atoms with E-state index >= 15 is 0 Å². The summed E-state index contributed by atoms with van der Waals surface area (Å²) >= 11 is 0. The molecule has 1 aromatic rings. The lowest BCUT2D eigenvalue weighted by Crippen LogP contribution is -2.32. The average Bonchev–Trinajstić information content (AvgIpc) is 2.37. The van der Waals surface area contributed by atoms with Gasteiger partial charge in [0.1, 0.15) is 0 Å². The van der Waals surface area contributed by atoms with Gasteiger partial charge in [-0.1, -0.05) is 19.8 Å². The second-order valence-electron chi connectivity index (χ2n) is 5.70. The molecular formula is C16H29N3. The third-order valence-corrected chi connectivity index (χ3v) is 3.81. The number of anilines is 1. The van der Waals surface area contributed by atoms with E-state index in [0.29, 0.717) is 6.04 Å². The Morgan fingerprint density at radius 3 is 2.53 bits per heavy atom. The number of nitrogens with zero attached hydrogens (tertiary/aromatic N) is 2. The van der Waals surface area contributed by atoms with Crippen LogP contribution in [-0.2, 0) is 6.54 Å². The Kier molecular flexibility index (Phi) is 6.29. The van der Waals surface area contributed by atoms with Gasteiger partial charge in [0.2, 0.25) is 0 Å². The van der Waals surface area contributed by atoms with Gasteiger partial charge in [0.25, 0.3) is 0 Å². The number of rotatable bonds is 7. The topological polar surface area (TPSA) is 42.2 Å². The monoisotopic (exact) mass is 263 g/mol. The molecule has 0 atom stereocenters. The maximum absolute atomic E-state index is 6.10. The maximum Gasteiger partial charge on any atom is 0.0593 e. The molecule has 0 aliphatic heterocycles. The van der Waals surface area contributed by atoms with Crippen molar-refractivity contribution < 1.29 is 0 Å². The first kappa shape index (κ1) is 16.0. The molecule has 0 saturated heterocycles. The Labute approximate surface area is 118 Å². The summed E-state index contributed by atoms with van der Waals surface area (Å²) in [6.45, 7) is 12.9. The molecule has 0 aliphatic carbocycles. The number of aromatic nitrogens is 1. The molecule has 19 heavy (non-hydrogen) atoms. The van der Waals surface area contributed by atoms with Gasteiger partial charge in [-0.15, -0.1) is 0 Å². The molecule has 1 heterocycles. The summed E-state index contributed by atoms with van der Waals surface area (Å²) in [5, 5.41) is 0. The first-order chi connectivity index (χ1) is 8.97. The first-order valence-electron chi connectivity index (χ1n) is 7.42. The molecule has 0 spiro atoms. The first-order valence-corrected chi connectivity index (χ1v) is 7.42. The lowest BCUT2D eigenvalue weighted by atomic mass is 10.1. The molecule has 0 unspecified atom stereocenters. The van der Waals surface area contributed by atoms with Crippen molar-refractivity contribution in [3.05, 3.63) is 23.0 Å². The minimum atomic E-state index is 0.542. The molecule has 108 valence electrons. The summed E-state index contributed by atoms with van der Waals surface area (Å²) in [4.78, 5) is 7.05. The highest BCUT2D eigenvalue weighted by Crippen LogP contribution is 2.20. The van der Waals surface area contributed by atoms with Crippen LogP contribution in [-0.4, -0.2) is 22.5 Å². The van der Waals surface area contributed by atoms with Crippen molar-refractivity contribution in [1.82, 2.24) is 9.88 Å². The third kappa shape index (κ3) is 4.50. The maximum atomic E-state index is 6.10. The molecule has 0 radical (unpaired) electrons. The average molecular weight is 263 g/mol. The number of aryl methyl sites for hydroxylation is 1. The minimum Gasteiger partial charge on any atom is -0.398 e. The quantitative estimate of drug-likeness (QED) is 0.763. The van der Waals surface area contributed by atoms with Gasteiger partial charge in [0.15, 0.2) is 0 Å². The Morgan fingerprint density at radius 2 is 1.95 bits per heavy atom. The van der Waals surface area contributed by atoms with Gasteiger partial charge in [-0.05, 0) is 51.8 Å². The highest BCUT2D eigenvalue weighted by atomic mass is 15.1. The fraction of sp³-hybridized carbons (Fsp3) is 0.688. The Balaban J connectivity index is 2.76. The van der Waals surface area contributed by atoms with Crippen molar-refractivity contribution in [1.29, 1.82) is 0 Å². The number of hydrogen-bond acceptors (Lipinski definition) is 3. The zero-order valence-corrected chi connectivity index (χ0v) is 13.2. The van der Waals surface area contributed by atoms with Gasteiger partial charge in [-0.25, -0.2) is 0 Å². The summed E-state index contributed by atoms with van der Waals surface area (Å²) in [7, 11) is 0. The number of pyridine rings is 1. The van der Waals surface area contributed by atoms with Crippen molar-refractivity contribution in [3.8, 4) is 0 Å². The van der Waals surface area contributed by atoms with E-state index in [1.807, 2.05) is 13.1 Å².